The summed E-state index contributed by atoms with van der Waals surface area (Å²) in [5, 5.41) is 4.85. The number of hydrogen-bond donors (Lipinski definition) is 4. The van der Waals surface area contributed by atoms with Crippen LogP contribution in [0.15, 0.2) is 12.4 Å². The molecule has 0 aliphatic rings. The Hall–Kier alpha value is -2.38. The van der Waals surface area contributed by atoms with E-state index in [4.69, 9.17) is 11.5 Å². The molecule has 0 fully saturated rings. The predicted octanol–water partition coefficient (Wildman–Crippen LogP) is -1.54. The molecule has 16 heavy (non-hydrogen) atoms. The molecular formula is C8H12N6O2. The highest BCUT2D eigenvalue weighted by Crippen LogP contribution is 1.95. The number of amides is 3. The molecule has 0 saturated carbocycles. The third-order valence-electron chi connectivity index (χ3n) is 1.61. The van der Waals surface area contributed by atoms with Crippen molar-refractivity contribution in [2.45, 2.75) is 0 Å². The van der Waals surface area contributed by atoms with E-state index in [-0.39, 0.29) is 24.6 Å². The minimum Gasteiger partial charge on any atom is -0.382 e. The van der Waals surface area contributed by atoms with Crippen molar-refractivity contribution >= 4 is 17.8 Å². The minimum atomic E-state index is -0.637. The van der Waals surface area contributed by atoms with Crippen LogP contribution in [0.3, 0.4) is 0 Å². The molecule has 0 radical (unpaired) electrons. The lowest BCUT2D eigenvalue weighted by Crippen LogP contribution is -2.37. The first kappa shape index (κ1) is 11.7. The maximum Gasteiger partial charge on any atom is 0.312 e. The number of nitrogens with zero attached hydrogens (tertiary/aromatic N) is 2. The summed E-state index contributed by atoms with van der Waals surface area (Å²) in [5.41, 5.74) is 10.3. The molecule has 0 atom stereocenters. The van der Waals surface area contributed by atoms with E-state index in [1.165, 1.54) is 12.4 Å². The number of primary amides is 1. The smallest absolute Gasteiger partial charge is 0.312 e. The molecule has 6 N–H and O–H groups in total. The van der Waals surface area contributed by atoms with Crippen molar-refractivity contribution in [3.8, 4) is 0 Å². The van der Waals surface area contributed by atoms with Crippen molar-refractivity contribution in [2.24, 2.45) is 5.73 Å². The van der Waals surface area contributed by atoms with Gasteiger partial charge >= 0.3 is 6.03 Å². The van der Waals surface area contributed by atoms with Crippen LogP contribution in [0.25, 0.3) is 0 Å². The molecule has 1 aromatic heterocycles. The third-order valence-corrected chi connectivity index (χ3v) is 1.61. The second kappa shape index (κ2) is 5.49. The third kappa shape index (κ3) is 3.78. The van der Waals surface area contributed by atoms with Gasteiger partial charge in [-0.25, -0.2) is 14.8 Å². The molecule has 1 aromatic rings. The maximum atomic E-state index is 11.4. The minimum absolute atomic E-state index is 0.160. The number of nitrogen functional groups attached to an aromatic ring is 1. The summed E-state index contributed by atoms with van der Waals surface area (Å²) in [4.78, 5) is 29.2. The van der Waals surface area contributed by atoms with Crippen molar-refractivity contribution < 1.29 is 9.59 Å². The standard InChI is InChI=1S/C8H12N6O2/c9-6-4-13-5(3-14-6)7(15)11-1-2-12-8(10)16/h3-4H,1-2H2,(H2,9,14)(H,11,15)(H3,10,12,16). The number of carbonyl (C=O) groups excluding carboxylic acids is 2. The van der Waals surface area contributed by atoms with E-state index in [0.717, 1.165) is 0 Å². The van der Waals surface area contributed by atoms with Gasteiger partial charge in [0.15, 0.2) is 0 Å². The first-order valence-corrected chi connectivity index (χ1v) is 4.48. The van der Waals surface area contributed by atoms with Crippen LogP contribution in [0.5, 0.6) is 0 Å². The average molecular weight is 224 g/mol. The topological polar surface area (TPSA) is 136 Å². The molecule has 8 heteroatoms. The van der Waals surface area contributed by atoms with Crippen molar-refractivity contribution in [1.29, 1.82) is 0 Å². The zero-order chi connectivity index (χ0) is 12.0. The summed E-state index contributed by atoms with van der Waals surface area (Å²) in [6, 6.07) is -0.637. The molecule has 86 valence electrons. The summed E-state index contributed by atoms with van der Waals surface area (Å²) in [5.74, 6) is -0.147. The fraction of sp³-hybridized carbons (Fsp3) is 0.250. The molecule has 1 rings (SSSR count). The van der Waals surface area contributed by atoms with E-state index < -0.39 is 11.9 Å². The van der Waals surface area contributed by atoms with Gasteiger partial charge in [0, 0.05) is 13.1 Å². The van der Waals surface area contributed by atoms with E-state index >= 15 is 0 Å². The molecule has 0 saturated heterocycles. The predicted molar refractivity (Wildman–Crippen MR) is 56.4 cm³/mol. The van der Waals surface area contributed by atoms with Gasteiger partial charge in [-0.3, -0.25) is 4.79 Å². The molecular weight excluding hydrogens is 212 g/mol. The van der Waals surface area contributed by atoms with Crippen LogP contribution >= 0.6 is 0 Å². The molecule has 0 unspecified atom stereocenters. The number of nitrogens with two attached hydrogens (primary N) is 2. The van der Waals surface area contributed by atoms with Gasteiger partial charge in [-0.1, -0.05) is 0 Å². The highest BCUT2D eigenvalue weighted by atomic mass is 16.2. The highest BCUT2D eigenvalue weighted by Gasteiger charge is 2.06. The second-order valence-corrected chi connectivity index (χ2v) is 2.87. The molecule has 8 nitrogen and oxygen atoms in total. The Morgan fingerprint density at radius 3 is 2.44 bits per heavy atom. The summed E-state index contributed by atoms with van der Waals surface area (Å²) in [6.07, 6.45) is 2.56. The molecule has 0 spiro atoms. The summed E-state index contributed by atoms with van der Waals surface area (Å²) < 4.78 is 0. The fourth-order valence-corrected chi connectivity index (χ4v) is 0.908. The van der Waals surface area contributed by atoms with Crippen molar-refractivity contribution in [3.05, 3.63) is 18.1 Å². The number of aromatic nitrogens is 2. The van der Waals surface area contributed by atoms with Gasteiger partial charge in [0.1, 0.15) is 11.5 Å². The summed E-state index contributed by atoms with van der Waals surface area (Å²) >= 11 is 0. The molecule has 0 aromatic carbocycles. The maximum absolute atomic E-state index is 11.4. The van der Waals surface area contributed by atoms with Crippen LogP contribution in [0.4, 0.5) is 10.6 Å². The van der Waals surface area contributed by atoms with Crippen molar-refractivity contribution in [3.63, 3.8) is 0 Å². The van der Waals surface area contributed by atoms with Gasteiger partial charge in [0.05, 0.1) is 12.4 Å². The molecule has 3 amide bonds. The van der Waals surface area contributed by atoms with Gasteiger partial charge in [0.25, 0.3) is 5.91 Å². The normalized spacial score (nSPS) is 9.50. The number of urea groups is 1. The van der Waals surface area contributed by atoms with E-state index in [0.29, 0.717) is 0 Å². The van der Waals surface area contributed by atoms with Crippen molar-refractivity contribution in [2.75, 3.05) is 18.8 Å². The van der Waals surface area contributed by atoms with Gasteiger partial charge in [-0.15, -0.1) is 0 Å². The second-order valence-electron chi connectivity index (χ2n) is 2.87. The Morgan fingerprint density at radius 2 is 1.88 bits per heavy atom. The number of carbonyl (C=O) groups is 2. The molecule has 0 aliphatic carbocycles. The van der Waals surface area contributed by atoms with Gasteiger partial charge < -0.3 is 22.1 Å². The van der Waals surface area contributed by atoms with Crippen LogP contribution in [0, 0.1) is 0 Å². The number of anilines is 1. The van der Waals surface area contributed by atoms with Gasteiger partial charge in [0.2, 0.25) is 0 Å². The Bertz CT molecular complexity index is 377. The lowest BCUT2D eigenvalue weighted by Gasteiger charge is -2.04. The Morgan fingerprint density at radius 1 is 1.19 bits per heavy atom. The van der Waals surface area contributed by atoms with Crippen LogP contribution in [0.1, 0.15) is 10.5 Å². The van der Waals surface area contributed by atoms with Crippen LogP contribution in [0.2, 0.25) is 0 Å². The van der Waals surface area contributed by atoms with Crippen LogP contribution < -0.4 is 22.1 Å². The van der Waals surface area contributed by atoms with E-state index in [9.17, 15) is 9.59 Å². The van der Waals surface area contributed by atoms with E-state index in [2.05, 4.69) is 20.6 Å². The lowest BCUT2D eigenvalue weighted by atomic mass is 10.4. The van der Waals surface area contributed by atoms with Crippen molar-refractivity contribution in [1.82, 2.24) is 20.6 Å². The zero-order valence-corrected chi connectivity index (χ0v) is 8.43. The molecule has 0 aliphatic heterocycles. The highest BCUT2D eigenvalue weighted by molar-refractivity contribution is 5.92. The fourth-order valence-electron chi connectivity index (χ4n) is 0.908. The SMILES string of the molecule is NC(=O)NCCNC(=O)c1cnc(N)cn1. The number of hydrogen-bond acceptors (Lipinski definition) is 5. The first-order chi connectivity index (χ1) is 7.59. The monoisotopic (exact) mass is 224 g/mol. The largest absolute Gasteiger partial charge is 0.382 e. The number of nitrogens with one attached hydrogen (secondary N) is 2. The first-order valence-electron chi connectivity index (χ1n) is 4.48. The van der Waals surface area contributed by atoms with E-state index in [1.54, 1.807) is 0 Å². The van der Waals surface area contributed by atoms with Gasteiger partial charge in [-0.05, 0) is 0 Å². The number of rotatable bonds is 4. The lowest BCUT2D eigenvalue weighted by molar-refractivity contribution is 0.0948. The Balaban J connectivity index is 2.35. The molecule has 1 heterocycles. The average Bonchev–Trinajstić information content (AvgIpc) is 2.25. The quantitative estimate of drug-likeness (QED) is 0.459. The van der Waals surface area contributed by atoms with Crippen LogP contribution in [-0.4, -0.2) is 35.0 Å². The zero-order valence-electron chi connectivity index (χ0n) is 8.43. The summed E-state index contributed by atoms with van der Waals surface area (Å²) in [6.45, 7) is 0.511. The van der Waals surface area contributed by atoms with E-state index in [1.807, 2.05) is 0 Å². The summed E-state index contributed by atoms with van der Waals surface area (Å²) in [7, 11) is 0. The van der Waals surface area contributed by atoms with Gasteiger partial charge in [-0.2, -0.15) is 0 Å². The molecule has 0 bridgehead atoms. The van der Waals surface area contributed by atoms with Crippen LogP contribution in [-0.2, 0) is 0 Å². The Labute approximate surface area is 91.4 Å². The Kier molecular flexibility index (Phi) is 4.01.